The van der Waals surface area contributed by atoms with Crippen molar-refractivity contribution in [3.8, 4) is 5.75 Å². The number of nitrogens with zero attached hydrogens (tertiary/aromatic N) is 2. The third kappa shape index (κ3) is 3.29. The highest BCUT2D eigenvalue weighted by atomic mass is 16.5. The molecule has 0 unspecified atom stereocenters. The second kappa shape index (κ2) is 6.29. The number of para-hydroxylation sites is 2. The van der Waals surface area contributed by atoms with Gasteiger partial charge in [0.05, 0.1) is 17.6 Å². The highest BCUT2D eigenvalue weighted by molar-refractivity contribution is 5.76. The predicted molar refractivity (Wildman–Crippen MR) is 96.4 cm³/mol. The van der Waals surface area contributed by atoms with Crippen molar-refractivity contribution in [1.29, 1.82) is 0 Å². The number of hydrogen-bond acceptors (Lipinski definition) is 3. The summed E-state index contributed by atoms with van der Waals surface area (Å²) >= 11 is 0. The number of hydrogen-bond donors (Lipinski definition) is 1. The fraction of sp³-hybridized carbons (Fsp3) is 0.350. The topological polar surface area (TPSA) is 47.3 Å². The van der Waals surface area contributed by atoms with Crippen molar-refractivity contribution in [2.45, 2.75) is 39.8 Å². The molecule has 0 aliphatic rings. The van der Waals surface area contributed by atoms with Crippen LogP contribution in [0, 0.1) is 13.8 Å². The zero-order chi connectivity index (χ0) is 17.3. The van der Waals surface area contributed by atoms with E-state index in [0.717, 1.165) is 16.8 Å². The lowest BCUT2D eigenvalue weighted by Crippen LogP contribution is -2.23. The second-order valence-electron chi connectivity index (χ2n) is 6.73. The Kier molecular flexibility index (Phi) is 4.33. The average molecular weight is 324 g/mol. The van der Waals surface area contributed by atoms with Crippen LogP contribution < -0.4 is 4.74 Å². The van der Waals surface area contributed by atoms with Gasteiger partial charge in [-0.15, -0.1) is 0 Å². The summed E-state index contributed by atoms with van der Waals surface area (Å²) in [4.78, 5) is 4.59. The molecule has 3 rings (SSSR count). The smallest absolute Gasteiger partial charge is 0.141 e. The highest BCUT2D eigenvalue weighted by Gasteiger charge is 2.24. The Balaban J connectivity index is 1.82. The summed E-state index contributed by atoms with van der Waals surface area (Å²) in [5.74, 6) is 1.53. The summed E-state index contributed by atoms with van der Waals surface area (Å²) in [6.45, 7) is 8.84. The van der Waals surface area contributed by atoms with Crippen LogP contribution in [0.25, 0.3) is 11.0 Å². The van der Waals surface area contributed by atoms with Gasteiger partial charge < -0.3 is 14.4 Å². The normalized spacial score (nSPS) is 11.9. The predicted octanol–water partition coefficient (Wildman–Crippen LogP) is 3.96. The van der Waals surface area contributed by atoms with Gasteiger partial charge in [-0.2, -0.15) is 0 Å². The van der Waals surface area contributed by atoms with E-state index in [4.69, 9.17) is 4.74 Å². The van der Waals surface area contributed by atoms with Crippen molar-refractivity contribution < 1.29 is 9.84 Å². The summed E-state index contributed by atoms with van der Waals surface area (Å²) in [5.41, 5.74) is 3.38. The van der Waals surface area contributed by atoms with Gasteiger partial charge in [0.2, 0.25) is 0 Å². The molecule has 0 amide bonds. The Labute approximate surface area is 142 Å². The van der Waals surface area contributed by atoms with Crippen LogP contribution in [-0.2, 0) is 12.1 Å². The van der Waals surface area contributed by atoms with E-state index in [1.165, 1.54) is 11.1 Å². The lowest BCUT2D eigenvalue weighted by molar-refractivity contribution is 0.0644. The lowest BCUT2D eigenvalue weighted by Gasteiger charge is -2.19. The third-order valence-corrected chi connectivity index (χ3v) is 4.26. The molecule has 0 fully saturated rings. The molecule has 1 heterocycles. The van der Waals surface area contributed by atoms with Gasteiger partial charge in [0.25, 0.3) is 0 Å². The molecule has 0 saturated carbocycles. The molecule has 24 heavy (non-hydrogen) atoms. The number of fused-ring (bicyclic) bond motifs is 1. The summed E-state index contributed by atoms with van der Waals surface area (Å²) < 4.78 is 7.94. The maximum absolute atomic E-state index is 10.4. The van der Waals surface area contributed by atoms with E-state index >= 15 is 0 Å². The number of benzene rings is 2. The van der Waals surface area contributed by atoms with Gasteiger partial charge in [-0.1, -0.05) is 18.2 Å². The Morgan fingerprint density at radius 2 is 1.83 bits per heavy atom. The van der Waals surface area contributed by atoms with E-state index in [-0.39, 0.29) is 0 Å². The highest BCUT2D eigenvalue weighted by Crippen LogP contribution is 2.25. The molecule has 1 aromatic heterocycles. The number of imidazole rings is 1. The number of aliphatic hydroxyl groups is 1. The Hall–Kier alpha value is -2.33. The number of rotatable bonds is 5. The van der Waals surface area contributed by atoms with Crippen molar-refractivity contribution >= 4 is 11.0 Å². The first-order valence-corrected chi connectivity index (χ1v) is 8.24. The van der Waals surface area contributed by atoms with Crippen LogP contribution in [0.3, 0.4) is 0 Å². The fourth-order valence-electron chi connectivity index (χ4n) is 2.83. The van der Waals surface area contributed by atoms with Gasteiger partial charge in [-0.25, -0.2) is 4.98 Å². The standard InChI is InChI=1S/C20H24N2O2/c1-14-9-10-16(13-15(14)2)24-12-11-22-18-8-6-5-7-17(18)21-19(22)20(3,4)23/h5-10,13,23H,11-12H2,1-4H3. The Morgan fingerprint density at radius 1 is 1.08 bits per heavy atom. The minimum Gasteiger partial charge on any atom is -0.492 e. The summed E-state index contributed by atoms with van der Waals surface area (Å²) in [7, 11) is 0. The molecule has 1 N–H and O–H groups in total. The van der Waals surface area contributed by atoms with Crippen LogP contribution in [-0.4, -0.2) is 21.3 Å². The molecule has 0 radical (unpaired) electrons. The molecule has 0 aliphatic heterocycles. The van der Waals surface area contributed by atoms with Gasteiger partial charge in [-0.05, 0) is 63.1 Å². The van der Waals surface area contributed by atoms with Crippen LogP contribution in [0.1, 0.15) is 30.8 Å². The maximum atomic E-state index is 10.4. The van der Waals surface area contributed by atoms with Crippen LogP contribution in [0.15, 0.2) is 42.5 Å². The molecule has 0 saturated heterocycles. The molecular formula is C20H24N2O2. The van der Waals surface area contributed by atoms with Crippen molar-refractivity contribution in [3.63, 3.8) is 0 Å². The van der Waals surface area contributed by atoms with Crippen LogP contribution in [0.2, 0.25) is 0 Å². The molecule has 4 heteroatoms. The van der Waals surface area contributed by atoms with Gasteiger partial charge >= 0.3 is 0 Å². The Morgan fingerprint density at radius 3 is 2.54 bits per heavy atom. The minimum atomic E-state index is -1.00. The molecular weight excluding hydrogens is 300 g/mol. The van der Waals surface area contributed by atoms with Gasteiger partial charge in [0, 0.05) is 0 Å². The Bertz CT molecular complexity index is 860. The molecule has 0 bridgehead atoms. The quantitative estimate of drug-likeness (QED) is 0.773. The number of aromatic nitrogens is 2. The first-order valence-electron chi connectivity index (χ1n) is 8.24. The van der Waals surface area contributed by atoms with Crippen LogP contribution in [0.4, 0.5) is 0 Å². The SMILES string of the molecule is Cc1ccc(OCCn2c(C(C)(C)O)nc3ccccc32)cc1C. The van der Waals surface area contributed by atoms with E-state index in [9.17, 15) is 5.11 Å². The molecule has 126 valence electrons. The summed E-state index contributed by atoms with van der Waals surface area (Å²) in [6.07, 6.45) is 0. The monoisotopic (exact) mass is 324 g/mol. The van der Waals surface area contributed by atoms with Gasteiger partial charge in [-0.3, -0.25) is 0 Å². The van der Waals surface area contributed by atoms with Crippen molar-refractivity contribution in [2.24, 2.45) is 0 Å². The fourth-order valence-corrected chi connectivity index (χ4v) is 2.83. The molecule has 0 atom stereocenters. The molecule has 0 aliphatic carbocycles. The molecule has 0 spiro atoms. The number of ether oxygens (including phenoxy) is 1. The zero-order valence-corrected chi connectivity index (χ0v) is 14.7. The third-order valence-electron chi connectivity index (χ3n) is 4.26. The van der Waals surface area contributed by atoms with Crippen molar-refractivity contribution in [2.75, 3.05) is 6.61 Å². The van der Waals surface area contributed by atoms with Crippen molar-refractivity contribution in [1.82, 2.24) is 9.55 Å². The summed E-state index contributed by atoms with van der Waals surface area (Å²) in [6, 6.07) is 14.0. The van der Waals surface area contributed by atoms with Gasteiger partial charge in [0.1, 0.15) is 23.8 Å². The largest absolute Gasteiger partial charge is 0.492 e. The van der Waals surface area contributed by atoms with E-state index in [2.05, 4.69) is 31.0 Å². The maximum Gasteiger partial charge on any atom is 0.141 e. The molecule has 2 aromatic carbocycles. The lowest BCUT2D eigenvalue weighted by atomic mass is 10.1. The first kappa shape index (κ1) is 16.5. The van der Waals surface area contributed by atoms with E-state index in [1.54, 1.807) is 13.8 Å². The second-order valence-corrected chi connectivity index (χ2v) is 6.73. The van der Waals surface area contributed by atoms with E-state index < -0.39 is 5.60 Å². The first-order chi connectivity index (χ1) is 11.4. The van der Waals surface area contributed by atoms with E-state index in [1.807, 2.05) is 34.9 Å². The van der Waals surface area contributed by atoms with E-state index in [0.29, 0.717) is 19.0 Å². The van der Waals surface area contributed by atoms with Crippen LogP contribution >= 0.6 is 0 Å². The number of aryl methyl sites for hydroxylation is 2. The minimum absolute atomic E-state index is 0.520. The van der Waals surface area contributed by atoms with Gasteiger partial charge in [0.15, 0.2) is 0 Å². The average Bonchev–Trinajstić information content (AvgIpc) is 2.90. The molecule has 3 aromatic rings. The van der Waals surface area contributed by atoms with Crippen LogP contribution in [0.5, 0.6) is 5.75 Å². The van der Waals surface area contributed by atoms with Crippen molar-refractivity contribution in [3.05, 3.63) is 59.4 Å². The molecule has 4 nitrogen and oxygen atoms in total. The summed E-state index contributed by atoms with van der Waals surface area (Å²) in [5, 5.41) is 10.4. The zero-order valence-electron chi connectivity index (χ0n) is 14.7.